The summed E-state index contributed by atoms with van der Waals surface area (Å²) >= 11 is 0. The second-order valence-electron chi connectivity index (χ2n) is 6.46. The third-order valence-electron chi connectivity index (χ3n) is 4.27. The van der Waals surface area contributed by atoms with Crippen LogP contribution in [0.5, 0.6) is 5.75 Å². The number of nitrogens with one attached hydrogen (secondary N) is 1. The van der Waals surface area contributed by atoms with Gasteiger partial charge in [0.2, 0.25) is 11.7 Å². The van der Waals surface area contributed by atoms with Crippen molar-refractivity contribution in [1.82, 2.24) is 15.5 Å². The molecule has 1 N–H and O–H groups in total. The number of aromatic nitrogens is 2. The lowest BCUT2D eigenvalue weighted by molar-refractivity contribution is -0.123. The molecule has 6 heteroatoms. The number of carbonyl (C=O) groups is 1. The second kappa shape index (κ2) is 7.92. The van der Waals surface area contributed by atoms with Crippen molar-refractivity contribution in [3.63, 3.8) is 0 Å². The maximum Gasteiger partial charge on any atom is 0.258 e. The van der Waals surface area contributed by atoms with Crippen LogP contribution in [0.1, 0.15) is 11.5 Å². The molecular weight excluding hydrogens is 354 g/mol. The predicted molar refractivity (Wildman–Crippen MR) is 106 cm³/mol. The highest BCUT2D eigenvalue weighted by Crippen LogP contribution is 2.20. The minimum atomic E-state index is -0.261. The van der Waals surface area contributed by atoms with E-state index in [-0.39, 0.29) is 19.1 Å². The number of aryl methyl sites for hydroxylation is 1. The molecular formula is C22H19N3O3. The second-order valence-corrected chi connectivity index (χ2v) is 6.46. The average Bonchev–Trinajstić information content (AvgIpc) is 3.20. The van der Waals surface area contributed by atoms with E-state index in [0.29, 0.717) is 17.5 Å². The highest BCUT2D eigenvalue weighted by Gasteiger charge is 2.10. The summed E-state index contributed by atoms with van der Waals surface area (Å²) in [6, 6.07) is 21.5. The largest absolute Gasteiger partial charge is 0.484 e. The standard InChI is InChI=1S/C22H19N3O3/c1-15-5-4-8-18(11-15)22-24-21(28-25-22)13-23-20(26)14-27-19-10-9-16-6-2-3-7-17(16)12-19/h2-12H,13-14H2,1H3,(H,23,26). The number of rotatable bonds is 6. The maximum absolute atomic E-state index is 12.0. The fourth-order valence-electron chi connectivity index (χ4n) is 2.86. The first-order valence-electron chi connectivity index (χ1n) is 8.95. The van der Waals surface area contributed by atoms with E-state index in [2.05, 4.69) is 15.5 Å². The van der Waals surface area contributed by atoms with Crippen LogP contribution in [0, 0.1) is 6.92 Å². The number of fused-ring (bicyclic) bond motifs is 1. The van der Waals surface area contributed by atoms with Gasteiger partial charge in [-0.1, -0.05) is 59.3 Å². The van der Waals surface area contributed by atoms with Crippen LogP contribution < -0.4 is 10.1 Å². The summed E-state index contributed by atoms with van der Waals surface area (Å²) in [7, 11) is 0. The van der Waals surface area contributed by atoms with Crippen molar-refractivity contribution >= 4 is 16.7 Å². The molecule has 0 spiro atoms. The maximum atomic E-state index is 12.0. The summed E-state index contributed by atoms with van der Waals surface area (Å²) in [6.07, 6.45) is 0. The van der Waals surface area contributed by atoms with Crippen molar-refractivity contribution in [2.45, 2.75) is 13.5 Å². The monoisotopic (exact) mass is 373 g/mol. The minimum Gasteiger partial charge on any atom is -0.484 e. The topological polar surface area (TPSA) is 77.2 Å². The molecule has 0 aliphatic carbocycles. The lowest BCUT2D eigenvalue weighted by Gasteiger charge is -2.07. The molecule has 28 heavy (non-hydrogen) atoms. The third kappa shape index (κ3) is 4.17. The average molecular weight is 373 g/mol. The Kier molecular flexibility index (Phi) is 5.01. The molecule has 4 rings (SSSR count). The molecule has 0 fully saturated rings. The Balaban J connectivity index is 1.31. The summed E-state index contributed by atoms with van der Waals surface area (Å²) < 4.78 is 10.8. The van der Waals surface area contributed by atoms with Gasteiger partial charge in [0.1, 0.15) is 5.75 Å². The van der Waals surface area contributed by atoms with Crippen molar-refractivity contribution in [2.24, 2.45) is 0 Å². The molecule has 0 unspecified atom stereocenters. The molecule has 0 bridgehead atoms. The number of hydrogen-bond acceptors (Lipinski definition) is 5. The van der Waals surface area contributed by atoms with Gasteiger partial charge in [0.05, 0.1) is 6.54 Å². The number of amides is 1. The first-order valence-corrected chi connectivity index (χ1v) is 8.95. The normalized spacial score (nSPS) is 10.8. The summed E-state index contributed by atoms with van der Waals surface area (Å²) in [5, 5.41) is 8.87. The Bertz CT molecular complexity index is 1120. The lowest BCUT2D eigenvalue weighted by Crippen LogP contribution is -2.28. The van der Waals surface area contributed by atoms with Gasteiger partial charge in [0.25, 0.3) is 5.91 Å². The fraction of sp³-hybridized carbons (Fsp3) is 0.136. The van der Waals surface area contributed by atoms with Crippen molar-refractivity contribution in [3.05, 3.63) is 78.2 Å². The molecule has 0 radical (unpaired) electrons. The van der Waals surface area contributed by atoms with Crippen molar-refractivity contribution in [2.75, 3.05) is 6.61 Å². The number of carbonyl (C=O) groups excluding carboxylic acids is 1. The molecule has 1 amide bonds. The van der Waals surface area contributed by atoms with E-state index in [1.54, 1.807) is 0 Å². The Morgan fingerprint density at radius 2 is 1.89 bits per heavy atom. The SMILES string of the molecule is Cc1cccc(-c2noc(CNC(=O)COc3ccc4ccccc4c3)n2)c1. The Morgan fingerprint density at radius 3 is 2.75 bits per heavy atom. The van der Waals surface area contributed by atoms with Crippen LogP contribution in [0.2, 0.25) is 0 Å². The highest BCUT2D eigenvalue weighted by molar-refractivity contribution is 5.84. The zero-order valence-electron chi connectivity index (χ0n) is 15.4. The molecule has 3 aromatic carbocycles. The fourth-order valence-corrected chi connectivity index (χ4v) is 2.86. The molecule has 0 atom stereocenters. The van der Waals surface area contributed by atoms with Crippen LogP contribution in [0.3, 0.4) is 0 Å². The Labute approximate surface area is 162 Å². The number of hydrogen-bond donors (Lipinski definition) is 1. The van der Waals surface area contributed by atoms with Crippen molar-refractivity contribution < 1.29 is 14.1 Å². The van der Waals surface area contributed by atoms with E-state index in [0.717, 1.165) is 21.9 Å². The number of ether oxygens (including phenoxy) is 1. The smallest absolute Gasteiger partial charge is 0.258 e. The summed E-state index contributed by atoms with van der Waals surface area (Å²) in [5.74, 6) is 1.23. The van der Waals surface area contributed by atoms with E-state index in [1.165, 1.54) is 0 Å². The van der Waals surface area contributed by atoms with Gasteiger partial charge >= 0.3 is 0 Å². The molecule has 1 aromatic heterocycles. The first-order chi connectivity index (χ1) is 13.7. The van der Waals surface area contributed by atoms with Crippen LogP contribution in [0.15, 0.2) is 71.3 Å². The molecule has 140 valence electrons. The van der Waals surface area contributed by atoms with Gasteiger partial charge in [-0.15, -0.1) is 0 Å². The zero-order valence-corrected chi connectivity index (χ0v) is 15.4. The minimum absolute atomic E-state index is 0.0861. The van der Waals surface area contributed by atoms with Crippen LogP contribution in [-0.4, -0.2) is 22.7 Å². The highest BCUT2D eigenvalue weighted by atomic mass is 16.5. The van der Waals surface area contributed by atoms with E-state index in [9.17, 15) is 4.79 Å². The first kappa shape index (κ1) is 17.7. The van der Waals surface area contributed by atoms with Gasteiger partial charge in [-0.05, 0) is 35.9 Å². The van der Waals surface area contributed by atoms with Gasteiger partial charge in [0, 0.05) is 5.56 Å². The van der Waals surface area contributed by atoms with E-state index < -0.39 is 0 Å². The Hall–Kier alpha value is -3.67. The van der Waals surface area contributed by atoms with Gasteiger partial charge in [-0.2, -0.15) is 4.98 Å². The quantitative estimate of drug-likeness (QED) is 0.555. The molecule has 0 aliphatic heterocycles. The number of benzene rings is 3. The Morgan fingerprint density at radius 1 is 1.04 bits per heavy atom. The molecule has 0 saturated heterocycles. The van der Waals surface area contributed by atoms with E-state index in [4.69, 9.17) is 9.26 Å². The molecule has 6 nitrogen and oxygen atoms in total. The van der Waals surface area contributed by atoms with E-state index >= 15 is 0 Å². The molecule has 0 saturated carbocycles. The lowest BCUT2D eigenvalue weighted by atomic mass is 10.1. The predicted octanol–water partition coefficient (Wildman–Crippen LogP) is 3.89. The van der Waals surface area contributed by atoms with Crippen molar-refractivity contribution in [1.29, 1.82) is 0 Å². The third-order valence-corrected chi connectivity index (χ3v) is 4.27. The molecule has 0 aliphatic rings. The summed E-state index contributed by atoms with van der Waals surface area (Å²) in [5.41, 5.74) is 1.99. The van der Waals surface area contributed by atoms with Crippen molar-refractivity contribution in [3.8, 4) is 17.1 Å². The van der Waals surface area contributed by atoms with Gasteiger partial charge in [0.15, 0.2) is 6.61 Å². The van der Waals surface area contributed by atoms with Crippen LogP contribution >= 0.6 is 0 Å². The van der Waals surface area contributed by atoms with Crippen LogP contribution in [0.25, 0.3) is 22.2 Å². The van der Waals surface area contributed by atoms with Crippen LogP contribution in [0.4, 0.5) is 0 Å². The van der Waals surface area contributed by atoms with Gasteiger partial charge in [-0.3, -0.25) is 4.79 Å². The summed E-state index contributed by atoms with van der Waals surface area (Å²) in [6.45, 7) is 2.07. The molecule has 1 heterocycles. The number of nitrogens with zero attached hydrogens (tertiary/aromatic N) is 2. The van der Waals surface area contributed by atoms with Gasteiger partial charge < -0.3 is 14.6 Å². The summed E-state index contributed by atoms with van der Waals surface area (Å²) in [4.78, 5) is 16.4. The molecule has 4 aromatic rings. The van der Waals surface area contributed by atoms with Crippen LogP contribution in [-0.2, 0) is 11.3 Å². The zero-order chi connectivity index (χ0) is 19.3. The van der Waals surface area contributed by atoms with Gasteiger partial charge in [-0.25, -0.2) is 0 Å². The van der Waals surface area contributed by atoms with E-state index in [1.807, 2.05) is 73.7 Å².